The van der Waals surface area contributed by atoms with Crippen LogP contribution in [-0.2, 0) is 11.3 Å². The Hall–Kier alpha value is -3.11. The van der Waals surface area contributed by atoms with Crippen molar-refractivity contribution in [1.82, 2.24) is 9.99 Å². The molecule has 3 rings (SSSR count). The molecule has 1 heterocycles. The molecular weight excluding hydrogens is 396 g/mol. The van der Waals surface area contributed by atoms with E-state index >= 15 is 0 Å². The monoisotopic (exact) mass is 410 g/mol. The molecule has 1 aromatic heterocycles. The summed E-state index contributed by atoms with van der Waals surface area (Å²) in [5, 5.41) is 13.9. The number of aromatic nitrogens is 1. The lowest BCUT2D eigenvalue weighted by Gasteiger charge is -2.04. The summed E-state index contributed by atoms with van der Waals surface area (Å²) in [4.78, 5) is 11.9. The first kappa shape index (κ1) is 17.7. The molecule has 0 unspecified atom stereocenters. The normalized spacial score (nSPS) is 10.8. The van der Waals surface area contributed by atoms with E-state index in [2.05, 4.69) is 32.5 Å². The maximum Gasteiger partial charge on any atom is 0.277 e. The first-order valence-electron chi connectivity index (χ1n) is 7.82. The molecule has 0 aliphatic heterocycles. The fourth-order valence-corrected chi connectivity index (χ4v) is 2.88. The van der Waals surface area contributed by atoms with Crippen molar-refractivity contribution in [1.29, 1.82) is 5.26 Å². The van der Waals surface area contributed by atoms with E-state index < -0.39 is 0 Å². The number of amides is 1. The number of para-hydroxylation sites is 1. The second kappa shape index (κ2) is 8.32. The highest BCUT2D eigenvalue weighted by Gasteiger charge is 2.06. The number of hydrogen-bond donors (Lipinski definition) is 1. The van der Waals surface area contributed by atoms with Crippen molar-refractivity contribution >= 4 is 39.0 Å². The Morgan fingerprint density at radius 1 is 1.31 bits per heavy atom. The third-order valence-corrected chi connectivity index (χ3v) is 4.11. The van der Waals surface area contributed by atoms with E-state index in [1.165, 1.54) is 0 Å². The molecule has 130 valence electrons. The third kappa shape index (κ3) is 4.29. The van der Waals surface area contributed by atoms with E-state index in [-0.39, 0.29) is 19.1 Å². The van der Waals surface area contributed by atoms with E-state index in [9.17, 15) is 4.79 Å². The first-order chi connectivity index (χ1) is 12.7. The van der Waals surface area contributed by atoms with Crippen molar-refractivity contribution in [2.75, 3.05) is 6.61 Å². The van der Waals surface area contributed by atoms with Crippen molar-refractivity contribution in [3.05, 3.63) is 64.8 Å². The Morgan fingerprint density at radius 3 is 2.96 bits per heavy atom. The number of fused-ring (bicyclic) bond motifs is 1. The number of ether oxygens (including phenoxy) is 1. The predicted octanol–water partition coefficient (Wildman–Crippen LogP) is 3.46. The van der Waals surface area contributed by atoms with Crippen LogP contribution in [0.3, 0.4) is 0 Å². The lowest BCUT2D eigenvalue weighted by atomic mass is 10.2. The molecule has 26 heavy (non-hydrogen) atoms. The molecule has 7 heteroatoms. The molecule has 3 aromatic rings. The van der Waals surface area contributed by atoms with Gasteiger partial charge in [-0.3, -0.25) is 4.79 Å². The molecule has 6 nitrogen and oxygen atoms in total. The molecule has 2 aromatic carbocycles. The number of hydrazone groups is 1. The second-order valence-corrected chi connectivity index (χ2v) is 6.34. The average Bonchev–Trinajstić information content (AvgIpc) is 2.99. The van der Waals surface area contributed by atoms with Gasteiger partial charge in [-0.15, -0.1) is 0 Å². The predicted molar refractivity (Wildman–Crippen MR) is 103 cm³/mol. The van der Waals surface area contributed by atoms with Crippen LogP contribution < -0.4 is 10.2 Å². The van der Waals surface area contributed by atoms with Crippen LogP contribution in [-0.4, -0.2) is 23.3 Å². The third-order valence-electron chi connectivity index (χ3n) is 3.62. The highest BCUT2D eigenvalue weighted by Crippen LogP contribution is 2.20. The molecule has 0 spiro atoms. The van der Waals surface area contributed by atoms with Gasteiger partial charge in [0.15, 0.2) is 6.61 Å². The van der Waals surface area contributed by atoms with Crippen LogP contribution in [0.2, 0.25) is 0 Å². The Balaban J connectivity index is 1.62. The van der Waals surface area contributed by atoms with Crippen molar-refractivity contribution < 1.29 is 9.53 Å². The number of carbonyl (C=O) groups is 1. The number of hydrogen-bond acceptors (Lipinski definition) is 4. The minimum absolute atomic E-state index is 0.135. The summed E-state index contributed by atoms with van der Waals surface area (Å²) in [6.07, 6.45) is 3.40. The summed E-state index contributed by atoms with van der Waals surface area (Å²) < 4.78 is 8.12. The molecule has 1 amide bonds. The van der Waals surface area contributed by atoms with Gasteiger partial charge < -0.3 is 9.30 Å². The molecule has 0 saturated heterocycles. The number of nitrogens with one attached hydrogen (secondary N) is 1. The lowest BCUT2D eigenvalue weighted by molar-refractivity contribution is -0.123. The van der Waals surface area contributed by atoms with E-state index in [0.29, 0.717) is 5.75 Å². The molecule has 0 atom stereocenters. The highest BCUT2D eigenvalue weighted by molar-refractivity contribution is 9.10. The first-order valence-corrected chi connectivity index (χ1v) is 8.62. The summed E-state index contributed by atoms with van der Waals surface area (Å²) >= 11 is 3.34. The summed E-state index contributed by atoms with van der Waals surface area (Å²) in [6.45, 7) is 0.116. The highest BCUT2D eigenvalue weighted by atomic mass is 79.9. The smallest absolute Gasteiger partial charge is 0.277 e. The van der Waals surface area contributed by atoms with E-state index in [1.807, 2.05) is 47.2 Å². The number of nitriles is 1. The van der Waals surface area contributed by atoms with Crippen LogP contribution in [0, 0.1) is 11.3 Å². The fourth-order valence-electron chi connectivity index (χ4n) is 2.50. The standard InChI is InChI=1S/C19H15BrN4O2/c20-15-4-3-5-16(10-15)26-13-19(25)23-22-11-14-12-24(9-8-21)18-7-2-1-6-17(14)18/h1-7,10-12H,9,13H2,(H,23,25)/b22-11+. The van der Waals surface area contributed by atoms with Gasteiger partial charge in [0, 0.05) is 27.1 Å². The van der Waals surface area contributed by atoms with Gasteiger partial charge in [0.25, 0.3) is 5.91 Å². The lowest BCUT2D eigenvalue weighted by Crippen LogP contribution is -2.24. The van der Waals surface area contributed by atoms with E-state index in [4.69, 9.17) is 10.00 Å². The van der Waals surface area contributed by atoms with Gasteiger partial charge in [0.1, 0.15) is 12.3 Å². The fraction of sp³-hybridized carbons (Fsp3) is 0.105. The van der Waals surface area contributed by atoms with Crippen molar-refractivity contribution in [3.8, 4) is 11.8 Å². The zero-order valence-corrected chi connectivity index (χ0v) is 15.3. The van der Waals surface area contributed by atoms with Crippen LogP contribution in [0.15, 0.2) is 64.3 Å². The largest absolute Gasteiger partial charge is 0.484 e. The van der Waals surface area contributed by atoms with Crippen molar-refractivity contribution in [2.45, 2.75) is 6.54 Å². The zero-order valence-electron chi connectivity index (χ0n) is 13.7. The average molecular weight is 411 g/mol. The van der Waals surface area contributed by atoms with Crippen LogP contribution in [0.4, 0.5) is 0 Å². The summed E-state index contributed by atoms with van der Waals surface area (Å²) in [5.74, 6) is 0.236. The van der Waals surface area contributed by atoms with Crippen molar-refractivity contribution in [2.24, 2.45) is 5.10 Å². The van der Waals surface area contributed by atoms with Crippen LogP contribution in [0.25, 0.3) is 10.9 Å². The van der Waals surface area contributed by atoms with Gasteiger partial charge in [0.2, 0.25) is 0 Å². The van der Waals surface area contributed by atoms with Crippen LogP contribution >= 0.6 is 15.9 Å². The second-order valence-electron chi connectivity index (χ2n) is 5.43. The summed E-state index contributed by atoms with van der Waals surface area (Å²) in [6, 6.07) is 17.1. The van der Waals surface area contributed by atoms with Gasteiger partial charge in [0.05, 0.1) is 12.3 Å². The maximum absolute atomic E-state index is 11.9. The molecule has 0 fully saturated rings. The van der Waals surface area contributed by atoms with Gasteiger partial charge in [-0.25, -0.2) is 5.43 Å². The number of benzene rings is 2. The molecular formula is C19H15BrN4O2. The number of rotatable bonds is 6. The molecule has 0 radical (unpaired) electrons. The minimum atomic E-state index is -0.359. The topological polar surface area (TPSA) is 79.4 Å². The molecule has 0 aliphatic carbocycles. The van der Waals surface area contributed by atoms with Gasteiger partial charge in [-0.05, 0) is 24.3 Å². The van der Waals surface area contributed by atoms with Crippen LogP contribution in [0.5, 0.6) is 5.75 Å². The SMILES string of the molecule is N#CCn1cc(/C=N/NC(=O)COc2cccc(Br)c2)c2ccccc21. The number of nitrogens with zero attached hydrogens (tertiary/aromatic N) is 3. The van der Waals surface area contributed by atoms with Gasteiger partial charge >= 0.3 is 0 Å². The maximum atomic E-state index is 11.9. The van der Waals surface area contributed by atoms with E-state index in [1.54, 1.807) is 18.3 Å². The quantitative estimate of drug-likeness (QED) is 0.499. The Kier molecular flexibility index (Phi) is 5.66. The van der Waals surface area contributed by atoms with Crippen molar-refractivity contribution in [3.63, 3.8) is 0 Å². The van der Waals surface area contributed by atoms with Crippen LogP contribution in [0.1, 0.15) is 5.56 Å². The molecule has 0 aliphatic rings. The molecule has 0 saturated carbocycles. The summed E-state index contributed by atoms with van der Waals surface area (Å²) in [5.41, 5.74) is 4.21. The number of carbonyl (C=O) groups excluding carboxylic acids is 1. The zero-order chi connectivity index (χ0) is 18.4. The number of halogens is 1. The molecule has 1 N–H and O–H groups in total. The van der Waals surface area contributed by atoms with Gasteiger partial charge in [-0.1, -0.05) is 40.2 Å². The van der Waals surface area contributed by atoms with Gasteiger partial charge in [-0.2, -0.15) is 10.4 Å². The Morgan fingerprint density at radius 2 is 2.15 bits per heavy atom. The Labute approximate surface area is 158 Å². The van der Waals surface area contributed by atoms with E-state index in [0.717, 1.165) is 20.9 Å². The minimum Gasteiger partial charge on any atom is -0.484 e. The Bertz CT molecular complexity index is 1000. The summed E-state index contributed by atoms with van der Waals surface area (Å²) in [7, 11) is 0. The molecule has 0 bridgehead atoms.